The highest BCUT2D eigenvalue weighted by Crippen LogP contribution is 2.28. The summed E-state index contributed by atoms with van der Waals surface area (Å²) >= 11 is 0. The number of rotatable bonds is 3. The molecule has 0 aliphatic carbocycles. The number of carbonyl (C=O) groups is 1. The number of anilines is 1. The molecular weight excluding hydrogens is 294 g/mol. The van der Waals surface area contributed by atoms with Gasteiger partial charge in [0.1, 0.15) is 0 Å². The van der Waals surface area contributed by atoms with Gasteiger partial charge in [-0.3, -0.25) is 4.79 Å². The van der Waals surface area contributed by atoms with Crippen LogP contribution in [0.15, 0.2) is 42.5 Å². The largest absolute Gasteiger partial charge is 0.364 e. The van der Waals surface area contributed by atoms with Crippen molar-refractivity contribution in [3.05, 3.63) is 64.7 Å². The van der Waals surface area contributed by atoms with Crippen LogP contribution in [0.3, 0.4) is 0 Å². The molecular formula is C22H27NO. The van der Waals surface area contributed by atoms with Gasteiger partial charge >= 0.3 is 0 Å². The molecule has 3 rings (SSSR count). The molecule has 2 nitrogen and oxygen atoms in total. The first-order valence-electron chi connectivity index (χ1n) is 8.83. The highest BCUT2D eigenvalue weighted by molar-refractivity contribution is 6.00. The molecule has 126 valence electrons. The van der Waals surface area contributed by atoms with Gasteiger partial charge < -0.3 is 4.90 Å². The lowest BCUT2D eigenvalue weighted by atomic mass is 9.84. The molecule has 0 fully saturated rings. The molecule has 0 atom stereocenters. The van der Waals surface area contributed by atoms with Gasteiger partial charge in [0.25, 0.3) is 0 Å². The van der Waals surface area contributed by atoms with Gasteiger partial charge in [-0.1, -0.05) is 51.1 Å². The van der Waals surface area contributed by atoms with Crippen molar-refractivity contribution in [1.82, 2.24) is 0 Å². The molecule has 0 aromatic heterocycles. The molecule has 0 spiro atoms. The van der Waals surface area contributed by atoms with E-state index in [1.165, 1.54) is 16.8 Å². The van der Waals surface area contributed by atoms with Crippen molar-refractivity contribution < 1.29 is 4.79 Å². The van der Waals surface area contributed by atoms with Crippen LogP contribution in [0.4, 0.5) is 5.69 Å². The van der Waals surface area contributed by atoms with Crippen LogP contribution >= 0.6 is 0 Å². The number of hydrogen-bond acceptors (Lipinski definition) is 2. The SMILES string of the molecule is Cc1ccc(C(C)(C)C)cc1C(=O)CN1CCCc2ccccc21. The van der Waals surface area contributed by atoms with Gasteiger partial charge in [0.2, 0.25) is 0 Å². The van der Waals surface area contributed by atoms with Crippen LogP contribution < -0.4 is 4.90 Å². The summed E-state index contributed by atoms with van der Waals surface area (Å²) < 4.78 is 0. The molecule has 2 aromatic rings. The zero-order valence-corrected chi connectivity index (χ0v) is 15.2. The smallest absolute Gasteiger partial charge is 0.182 e. The number of ketones is 1. The Kier molecular flexibility index (Phi) is 4.49. The van der Waals surface area contributed by atoms with Crippen LogP contribution in [0, 0.1) is 6.92 Å². The van der Waals surface area contributed by atoms with E-state index in [0.29, 0.717) is 6.54 Å². The molecule has 0 bridgehead atoms. The Morgan fingerprint density at radius 3 is 2.62 bits per heavy atom. The van der Waals surface area contributed by atoms with Gasteiger partial charge in [0, 0.05) is 17.8 Å². The molecule has 1 heterocycles. The lowest BCUT2D eigenvalue weighted by molar-refractivity contribution is 0.0998. The predicted molar refractivity (Wildman–Crippen MR) is 101 cm³/mol. The molecule has 2 heteroatoms. The average molecular weight is 321 g/mol. The second-order valence-corrected chi connectivity index (χ2v) is 7.86. The fourth-order valence-electron chi connectivity index (χ4n) is 3.42. The zero-order valence-electron chi connectivity index (χ0n) is 15.2. The second-order valence-electron chi connectivity index (χ2n) is 7.86. The average Bonchev–Trinajstić information content (AvgIpc) is 2.54. The number of nitrogens with zero attached hydrogens (tertiary/aromatic N) is 1. The Bertz CT molecular complexity index is 755. The Labute approximate surface area is 145 Å². The first-order valence-corrected chi connectivity index (χ1v) is 8.83. The minimum atomic E-state index is 0.0560. The summed E-state index contributed by atoms with van der Waals surface area (Å²) in [6, 6.07) is 14.8. The maximum atomic E-state index is 13.0. The predicted octanol–water partition coefficient (Wildman–Crippen LogP) is 4.93. The first kappa shape index (κ1) is 16.8. The van der Waals surface area contributed by atoms with Crippen molar-refractivity contribution in [2.45, 2.75) is 46.0 Å². The van der Waals surface area contributed by atoms with Crippen molar-refractivity contribution in [2.24, 2.45) is 0 Å². The summed E-state index contributed by atoms with van der Waals surface area (Å²) in [5.74, 6) is 0.218. The summed E-state index contributed by atoms with van der Waals surface area (Å²) in [7, 11) is 0. The molecule has 0 amide bonds. The maximum Gasteiger partial charge on any atom is 0.182 e. The Balaban J connectivity index is 1.86. The van der Waals surface area contributed by atoms with E-state index in [2.05, 4.69) is 68.1 Å². The molecule has 0 N–H and O–H groups in total. The maximum absolute atomic E-state index is 13.0. The van der Waals surface area contributed by atoms with Gasteiger partial charge in [-0.25, -0.2) is 0 Å². The molecule has 0 radical (unpaired) electrons. The van der Waals surface area contributed by atoms with E-state index >= 15 is 0 Å². The van der Waals surface area contributed by atoms with Crippen molar-refractivity contribution in [2.75, 3.05) is 18.0 Å². The highest BCUT2D eigenvalue weighted by atomic mass is 16.1. The zero-order chi connectivity index (χ0) is 17.3. The number of Topliss-reactive ketones (excluding diaryl/α,β-unsaturated/α-hetero) is 1. The van der Waals surface area contributed by atoms with Crippen molar-refractivity contribution in [3.8, 4) is 0 Å². The van der Waals surface area contributed by atoms with Crippen LogP contribution in [-0.4, -0.2) is 18.9 Å². The van der Waals surface area contributed by atoms with E-state index < -0.39 is 0 Å². The van der Waals surface area contributed by atoms with Crippen molar-refractivity contribution in [3.63, 3.8) is 0 Å². The molecule has 2 aromatic carbocycles. The Hall–Kier alpha value is -2.09. The number of para-hydroxylation sites is 1. The fourth-order valence-corrected chi connectivity index (χ4v) is 3.42. The van der Waals surface area contributed by atoms with Gasteiger partial charge in [-0.15, -0.1) is 0 Å². The van der Waals surface area contributed by atoms with Crippen LogP contribution in [0.2, 0.25) is 0 Å². The Morgan fingerprint density at radius 2 is 1.88 bits per heavy atom. The van der Waals surface area contributed by atoms with E-state index in [9.17, 15) is 4.79 Å². The summed E-state index contributed by atoms with van der Waals surface area (Å²) in [4.78, 5) is 15.2. The number of carbonyl (C=O) groups excluding carboxylic acids is 1. The minimum Gasteiger partial charge on any atom is -0.364 e. The summed E-state index contributed by atoms with van der Waals surface area (Å²) in [5, 5.41) is 0. The number of aryl methyl sites for hydroxylation is 2. The molecule has 1 aliphatic heterocycles. The van der Waals surface area contributed by atoms with Crippen LogP contribution in [0.25, 0.3) is 0 Å². The molecule has 0 unspecified atom stereocenters. The number of hydrogen-bond donors (Lipinski definition) is 0. The van der Waals surface area contributed by atoms with E-state index in [-0.39, 0.29) is 11.2 Å². The van der Waals surface area contributed by atoms with Crippen LogP contribution in [0.5, 0.6) is 0 Å². The normalized spacial score (nSPS) is 14.4. The number of benzene rings is 2. The van der Waals surface area contributed by atoms with Gasteiger partial charge in [0.15, 0.2) is 5.78 Å². The molecule has 24 heavy (non-hydrogen) atoms. The van der Waals surface area contributed by atoms with Gasteiger partial charge in [-0.05, 0) is 54.0 Å². The first-order chi connectivity index (χ1) is 11.4. The lowest BCUT2D eigenvalue weighted by Gasteiger charge is -2.31. The van der Waals surface area contributed by atoms with E-state index in [1.54, 1.807) is 0 Å². The van der Waals surface area contributed by atoms with E-state index in [1.807, 2.05) is 6.92 Å². The van der Waals surface area contributed by atoms with E-state index in [0.717, 1.165) is 30.5 Å². The molecule has 0 saturated carbocycles. The van der Waals surface area contributed by atoms with Crippen molar-refractivity contribution >= 4 is 11.5 Å². The van der Waals surface area contributed by atoms with Gasteiger partial charge in [-0.2, -0.15) is 0 Å². The molecule has 0 saturated heterocycles. The summed E-state index contributed by atoms with van der Waals surface area (Å²) in [6.45, 7) is 10.0. The van der Waals surface area contributed by atoms with E-state index in [4.69, 9.17) is 0 Å². The standard InChI is InChI=1S/C22H27NO/c1-16-11-12-18(22(2,3)4)14-19(16)21(24)15-23-13-7-9-17-8-5-6-10-20(17)23/h5-6,8,10-12,14H,7,9,13,15H2,1-4H3. The number of fused-ring (bicyclic) bond motifs is 1. The second kappa shape index (κ2) is 6.43. The quantitative estimate of drug-likeness (QED) is 0.747. The monoisotopic (exact) mass is 321 g/mol. The lowest BCUT2D eigenvalue weighted by Crippen LogP contribution is -2.34. The third kappa shape index (κ3) is 3.38. The summed E-state index contributed by atoms with van der Waals surface area (Å²) in [5.41, 5.74) is 5.79. The fraction of sp³-hybridized carbons (Fsp3) is 0.409. The summed E-state index contributed by atoms with van der Waals surface area (Å²) in [6.07, 6.45) is 2.23. The third-order valence-corrected chi connectivity index (χ3v) is 4.94. The minimum absolute atomic E-state index is 0.0560. The van der Waals surface area contributed by atoms with Crippen LogP contribution in [0.1, 0.15) is 54.2 Å². The Morgan fingerprint density at radius 1 is 1.12 bits per heavy atom. The topological polar surface area (TPSA) is 20.3 Å². The van der Waals surface area contributed by atoms with Crippen LogP contribution in [-0.2, 0) is 11.8 Å². The van der Waals surface area contributed by atoms with Crippen molar-refractivity contribution in [1.29, 1.82) is 0 Å². The van der Waals surface area contributed by atoms with Gasteiger partial charge in [0.05, 0.1) is 6.54 Å². The molecule has 1 aliphatic rings. The third-order valence-electron chi connectivity index (χ3n) is 4.94. The highest BCUT2D eigenvalue weighted by Gasteiger charge is 2.22.